The molecule has 5 nitrogen and oxygen atoms in total. The molecule has 2 atom stereocenters. The lowest BCUT2D eigenvalue weighted by Gasteiger charge is -2.23. The van der Waals surface area contributed by atoms with Crippen molar-refractivity contribution in [1.82, 2.24) is 10.2 Å². The van der Waals surface area contributed by atoms with Gasteiger partial charge < -0.3 is 15.3 Å². The van der Waals surface area contributed by atoms with Crippen LogP contribution in [0.1, 0.15) is 31.9 Å². The summed E-state index contributed by atoms with van der Waals surface area (Å²) in [7, 11) is 0. The van der Waals surface area contributed by atoms with E-state index in [-0.39, 0.29) is 12.1 Å². The van der Waals surface area contributed by atoms with Crippen molar-refractivity contribution < 1.29 is 23.5 Å². The van der Waals surface area contributed by atoms with E-state index in [1.165, 1.54) is 17.9 Å². The molecule has 1 fully saturated rings. The third-order valence-electron chi connectivity index (χ3n) is 4.05. The number of hydrogen-bond donors (Lipinski definition) is 2. The first kappa shape index (κ1) is 16.2. The Morgan fingerprint density at radius 2 is 1.95 bits per heavy atom. The molecule has 0 aliphatic carbocycles. The number of rotatable bonds is 3. The van der Waals surface area contributed by atoms with Crippen molar-refractivity contribution in [2.45, 2.75) is 26.3 Å². The maximum atomic E-state index is 13.7. The second kappa shape index (κ2) is 5.90. The summed E-state index contributed by atoms with van der Waals surface area (Å²) >= 11 is 0. The molecule has 22 heavy (non-hydrogen) atoms. The fourth-order valence-electron chi connectivity index (χ4n) is 2.58. The van der Waals surface area contributed by atoms with Gasteiger partial charge in [0.15, 0.2) is 0 Å². The molecular formula is C15H18F2N2O3. The fraction of sp³-hybridized carbons (Fsp3) is 0.467. The summed E-state index contributed by atoms with van der Waals surface area (Å²) in [6.45, 7) is 3.41. The Balaban J connectivity index is 2.05. The molecule has 1 saturated heterocycles. The lowest BCUT2D eigenvalue weighted by Crippen LogP contribution is -2.42. The van der Waals surface area contributed by atoms with Crippen molar-refractivity contribution in [2.75, 3.05) is 13.1 Å². The number of aliphatic carboxylic acids is 1. The van der Waals surface area contributed by atoms with E-state index in [0.29, 0.717) is 13.0 Å². The number of hydrogen-bond acceptors (Lipinski definition) is 2. The third-order valence-corrected chi connectivity index (χ3v) is 4.05. The van der Waals surface area contributed by atoms with Gasteiger partial charge in [-0.3, -0.25) is 4.79 Å². The molecule has 0 bridgehead atoms. The van der Waals surface area contributed by atoms with Crippen LogP contribution in [0.2, 0.25) is 0 Å². The molecule has 1 aromatic carbocycles. The lowest BCUT2D eigenvalue weighted by molar-refractivity contribution is -0.147. The molecule has 2 amide bonds. The number of carbonyl (C=O) groups is 2. The highest BCUT2D eigenvalue weighted by Crippen LogP contribution is 2.30. The second-order valence-corrected chi connectivity index (χ2v) is 5.84. The number of benzene rings is 1. The average molecular weight is 312 g/mol. The van der Waals surface area contributed by atoms with Gasteiger partial charge in [-0.2, -0.15) is 0 Å². The minimum atomic E-state index is -0.982. The van der Waals surface area contributed by atoms with Gasteiger partial charge in [-0.15, -0.1) is 0 Å². The molecule has 2 N–H and O–H groups in total. The number of carbonyl (C=O) groups excluding carboxylic acids is 1. The molecule has 0 aromatic heterocycles. The van der Waals surface area contributed by atoms with Crippen LogP contribution in [-0.4, -0.2) is 35.1 Å². The van der Waals surface area contributed by atoms with Crippen LogP contribution in [0.4, 0.5) is 13.6 Å². The number of likely N-dealkylation sites (tertiary alicyclic amines) is 1. The summed E-state index contributed by atoms with van der Waals surface area (Å²) in [4.78, 5) is 24.7. The first-order chi connectivity index (χ1) is 10.2. The van der Waals surface area contributed by atoms with Crippen LogP contribution in [0.3, 0.4) is 0 Å². The molecule has 0 spiro atoms. The average Bonchev–Trinajstić information content (AvgIpc) is 2.82. The number of amides is 2. The van der Waals surface area contributed by atoms with Crippen LogP contribution in [0, 0.1) is 17.0 Å². The number of nitrogens with one attached hydrogen (secondary N) is 1. The Hall–Kier alpha value is -2.18. The predicted molar refractivity (Wildman–Crippen MR) is 75.2 cm³/mol. The van der Waals surface area contributed by atoms with Crippen LogP contribution in [0.25, 0.3) is 0 Å². The standard InChI is InChI=1S/C15H18F2N2O3/c1-9(12-10(16)4-3-5-11(12)17)18-14(22)19-7-6-15(2,8-19)13(20)21/h3-5,9H,6-8H2,1-2H3,(H,18,22)(H,20,21). The zero-order valence-corrected chi connectivity index (χ0v) is 12.4. The SMILES string of the molecule is CC(NC(=O)N1CCC(C)(C(=O)O)C1)c1c(F)cccc1F. The van der Waals surface area contributed by atoms with Gasteiger partial charge >= 0.3 is 12.0 Å². The predicted octanol–water partition coefficient (Wildman–Crippen LogP) is 2.53. The molecule has 2 rings (SSSR count). The highest BCUT2D eigenvalue weighted by atomic mass is 19.1. The monoisotopic (exact) mass is 312 g/mol. The fourth-order valence-corrected chi connectivity index (χ4v) is 2.58. The minimum absolute atomic E-state index is 0.0701. The van der Waals surface area contributed by atoms with Gasteiger partial charge in [0.1, 0.15) is 11.6 Å². The topological polar surface area (TPSA) is 69.6 Å². The van der Waals surface area contributed by atoms with Gasteiger partial charge in [-0.05, 0) is 32.4 Å². The Bertz CT molecular complexity index is 588. The van der Waals surface area contributed by atoms with Gasteiger partial charge in [0.05, 0.1) is 11.5 Å². The summed E-state index contributed by atoms with van der Waals surface area (Å²) in [5.74, 6) is -2.43. The molecule has 7 heteroatoms. The second-order valence-electron chi connectivity index (χ2n) is 5.84. The smallest absolute Gasteiger partial charge is 0.317 e. The van der Waals surface area contributed by atoms with Gasteiger partial charge in [-0.25, -0.2) is 13.6 Å². The minimum Gasteiger partial charge on any atom is -0.481 e. The molecule has 1 aromatic rings. The Morgan fingerprint density at radius 3 is 2.45 bits per heavy atom. The Morgan fingerprint density at radius 1 is 1.36 bits per heavy atom. The van der Waals surface area contributed by atoms with Crippen molar-refractivity contribution in [3.63, 3.8) is 0 Å². The van der Waals surface area contributed by atoms with Crippen LogP contribution in [0.5, 0.6) is 0 Å². The number of urea groups is 1. The first-order valence-electron chi connectivity index (χ1n) is 6.97. The van der Waals surface area contributed by atoms with E-state index in [2.05, 4.69) is 5.32 Å². The highest BCUT2D eigenvalue weighted by Gasteiger charge is 2.42. The Kier molecular flexibility index (Phi) is 4.35. The molecule has 0 saturated carbocycles. The summed E-state index contributed by atoms with van der Waals surface area (Å²) in [6, 6.07) is 2.11. The zero-order valence-electron chi connectivity index (χ0n) is 12.4. The Labute approximate surface area is 126 Å². The largest absolute Gasteiger partial charge is 0.481 e. The van der Waals surface area contributed by atoms with E-state index in [0.717, 1.165) is 12.1 Å². The van der Waals surface area contributed by atoms with Gasteiger partial charge in [0, 0.05) is 18.7 Å². The van der Waals surface area contributed by atoms with Crippen molar-refractivity contribution in [3.05, 3.63) is 35.4 Å². The molecule has 0 radical (unpaired) electrons. The van der Waals surface area contributed by atoms with E-state index in [1.54, 1.807) is 6.92 Å². The highest BCUT2D eigenvalue weighted by molar-refractivity contribution is 5.79. The molecule has 1 aliphatic heterocycles. The van der Waals surface area contributed by atoms with Crippen LogP contribution in [0.15, 0.2) is 18.2 Å². The van der Waals surface area contributed by atoms with Crippen molar-refractivity contribution in [2.24, 2.45) is 5.41 Å². The summed E-state index contributed by atoms with van der Waals surface area (Å²) < 4.78 is 27.3. The van der Waals surface area contributed by atoms with E-state index in [4.69, 9.17) is 5.11 Å². The first-order valence-corrected chi connectivity index (χ1v) is 6.97. The summed E-state index contributed by atoms with van der Waals surface area (Å²) in [5.41, 5.74) is -1.19. The normalized spacial score (nSPS) is 22.5. The van der Waals surface area contributed by atoms with Crippen LogP contribution < -0.4 is 5.32 Å². The summed E-state index contributed by atoms with van der Waals surface area (Å²) in [5, 5.41) is 11.7. The number of halogens is 2. The molecule has 1 heterocycles. The number of nitrogens with zero attached hydrogens (tertiary/aromatic N) is 1. The molecule has 2 unspecified atom stereocenters. The van der Waals surface area contributed by atoms with Crippen molar-refractivity contribution >= 4 is 12.0 Å². The van der Waals surface area contributed by atoms with E-state index in [9.17, 15) is 18.4 Å². The molecule has 120 valence electrons. The van der Waals surface area contributed by atoms with E-state index < -0.39 is 35.1 Å². The number of carboxylic acids is 1. The molecular weight excluding hydrogens is 294 g/mol. The number of carboxylic acid groups (broad SMARTS) is 1. The van der Waals surface area contributed by atoms with Crippen LogP contribution in [-0.2, 0) is 4.79 Å². The quantitative estimate of drug-likeness (QED) is 0.901. The third kappa shape index (κ3) is 3.03. The van der Waals surface area contributed by atoms with Crippen molar-refractivity contribution in [3.8, 4) is 0 Å². The van der Waals surface area contributed by atoms with Gasteiger partial charge in [0.2, 0.25) is 0 Å². The lowest BCUT2D eigenvalue weighted by atomic mass is 9.90. The van der Waals surface area contributed by atoms with E-state index >= 15 is 0 Å². The van der Waals surface area contributed by atoms with E-state index in [1.807, 2.05) is 0 Å². The zero-order chi connectivity index (χ0) is 16.5. The summed E-state index contributed by atoms with van der Waals surface area (Å²) in [6.07, 6.45) is 0.345. The molecule has 1 aliphatic rings. The maximum Gasteiger partial charge on any atom is 0.317 e. The van der Waals surface area contributed by atoms with Crippen molar-refractivity contribution in [1.29, 1.82) is 0 Å². The van der Waals surface area contributed by atoms with Gasteiger partial charge in [-0.1, -0.05) is 6.07 Å². The van der Waals surface area contributed by atoms with Gasteiger partial charge in [0.25, 0.3) is 0 Å². The maximum absolute atomic E-state index is 13.7. The van der Waals surface area contributed by atoms with Crippen LogP contribution >= 0.6 is 0 Å².